The average molecular weight is 234 g/mol. The molecule has 0 bridgehead atoms. The zero-order valence-corrected chi connectivity index (χ0v) is 11.6. The van der Waals surface area contributed by atoms with E-state index in [9.17, 15) is 0 Å². The van der Waals surface area contributed by atoms with Crippen LogP contribution >= 0.6 is 0 Å². The van der Waals surface area contributed by atoms with Gasteiger partial charge in [0.15, 0.2) is 0 Å². The minimum absolute atomic E-state index is 0.659. The van der Waals surface area contributed by atoms with E-state index in [-0.39, 0.29) is 0 Å². The first-order chi connectivity index (χ1) is 8.11. The highest BCUT2D eigenvalue weighted by Crippen LogP contribution is 2.20. The van der Waals surface area contributed by atoms with Gasteiger partial charge in [0.2, 0.25) is 0 Å². The van der Waals surface area contributed by atoms with E-state index in [2.05, 4.69) is 52.0 Å². The van der Waals surface area contributed by atoms with E-state index in [4.69, 9.17) is 4.74 Å². The molecule has 0 amide bonds. The molecule has 1 aromatic rings. The Kier molecular flexibility index (Phi) is 6.28. The molecule has 0 radical (unpaired) electrons. The molecule has 1 saturated heterocycles. The zero-order valence-electron chi connectivity index (χ0n) is 11.6. The Morgan fingerprint density at radius 1 is 1.06 bits per heavy atom. The molecular formula is C16H26O. The fraction of sp³-hybridized carbons (Fsp3) is 0.625. The molecule has 1 atom stereocenters. The lowest BCUT2D eigenvalue weighted by Gasteiger charge is -2.09. The van der Waals surface area contributed by atoms with Gasteiger partial charge in [0.05, 0.1) is 0 Å². The Bertz CT molecular complexity index is 284. The summed E-state index contributed by atoms with van der Waals surface area (Å²) in [5.74, 6) is 2.32. The van der Waals surface area contributed by atoms with Gasteiger partial charge in [-0.05, 0) is 29.7 Å². The molecule has 1 aliphatic rings. The molecule has 1 aliphatic heterocycles. The predicted molar refractivity (Wildman–Crippen MR) is 74.3 cm³/mol. The third-order valence-electron chi connectivity index (χ3n) is 3.37. The molecule has 1 heteroatoms. The van der Waals surface area contributed by atoms with Crippen LogP contribution in [0.3, 0.4) is 0 Å². The molecule has 17 heavy (non-hydrogen) atoms. The Labute approximate surface area is 106 Å². The minimum Gasteiger partial charge on any atom is -0.381 e. The lowest BCUT2D eigenvalue weighted by molar-refractivity contribution is 0.177. The van der Waals surface area contributed by atoms with Crippen molar-refractivity contribution in [2.45, 2.75) is 40.0 Å². The van der Waals surface area contributed by atoms with E-state index in [1.165, 1.54) is 12.0 Å². The van der Waals surface area contributed by atoms with Crippen molar-refractivity contribution in [3.63, 3.8) is 0 Å². The molecule has 0 aromatic heterocycles. The van der Waals surface area contributed by atoms with Crippen LogP contribution in [0.4, 0.5) is 0 Å². The lowest BCUT2D eigenvalue weighted by atomic mass is 9.96. The van der Waals surface area contributed by atoms with Crippen LogP contribution in [0, 0.1) is 11.8 Å². The van der Waals surface area contributed by atoms with Crippen LogP contribution in [0.2, 0.25) is 0 Å². The number of ether oxygens (including phenoxy) is 1. The van der Waals surface area contributed by atoms with E-state index in [1.54, 1.807) is 0 Å². The summed E-state index contributed by atoms with van der Waals surface area (Å²) in [7, 11) is 0. The summed E-state index contributed by atoms with van der Waals surface area (Å²) in [6, 6.07) is 10.5. The van der Waals surface area contributed by atoms with Crippen LogP contribution in [0.5, 0.6) is 0 Å². The van der Waals surface area contributed by atoms with Gasteiger partial charge >= 0.3 is 0 Å². The van der Waals surface area contributed by atoms with Crippen molar-refractivity contribution in [1.29, 1.82) is 0 Å². The monoisotopic (exact) mass is 234 g/mol. The van der Waals surface area contributed by atoms with Gasteiger partial charge in [-0.25, -0.2) is 0 Å². The molecule has 0 aliphatic carbocycles. The maximum absolute atomic E-state index is 5.22. The van der Waals surface area contributed by atoms with Crippen molar-refractivity contribution in [2.24, 2.45) is 11.8 Å². The minimum atomic E-state index is 0.659. The third kappa shape index (κ3) is 5.36. The smallest absolute Gasteiger partial charge is 0.0497 e. The summed E-state index contributed by atoms with van der Waals surface area (Å²) in [6.45, 7) is 10.9. The van der Waals surface area contributed by atoms with Gasteiger partial charge in [-0.15, -0.1) is 0 Å². The molecule has 96 valence electrons. The van der Waals surface area contributed by atoms with Gasteiger partial charge in [0.25, 0.3) is 0 Å². The highest BCUT2D eigenvalue weighted by atomic mass is 16.5. The van der Waals surface area contributed by atoms with E-state index in [0.717, 1.165) is 25.0 Å². The van der Waals surface area contributed by atoms with Crippen LogP contribution in [0.25, 0.3) is 0 Å². The Hall–Kier alpha value is -0.820. The largest absolute Gasteiger partial charge is 0.381 e. The summed E-state index contributed by atoms with van der Waals surface area (Å²) in [6.07, 6.45) is 1.28. The van der Waals surface area contributed by atoms with Crippen molar-refractivity contribution < 1.29 is 4.74 Å². The van der Waals surface area contributed by atoms with Gasteiger partial charge in [0, 0.05) is 13.2 Å². The molecule has 1 heterocycles. The van der Waals surface area contributed by atoms with Crippen LogP contribution in [-0.2, 0) is 4.74 Å². The second-order valence-electron chi connectivity index (χ2n) is 5.43. The summed E-state index contributed by atoms with van der Waals surface area (Å²) in [5.41, 5.74) is 1.41. The molecule has 0 N–H and O–H groups in total. The molecule has 2 rings (SSSR count). The van der Waals surface area contributed by atoms with Crippen molar-refractivity contribution in [1.82, 2.24) is 0 Å². The normalized spacial score (nSPS) is 19.3. The van der Waals surface area contributed by atoms with Gasteiger partial charge in [-0.1, -0.05) is 58.0 Å². The summed E-state index contributed by atoms with van der Waals surface area (Å²) in [5, 5.41) is 0. The van der Waals surface area contributed by atoms with Crippen molar-refractivity contribution in [2.75, 3.05) is 13.2 Å². The standard InChI is InChI=1S/C9H12.C7H14O/c1-8(2)9-6-4-3-5-7-9;1-6(2)7-3-4-8-5-7/h3-8H,1-2H3;6-7H,3-5H2,1-2H3/t;7-/m.1/s1. The quantitative estimate of drug-likeness (QED) is 0.732. The van der Waals surface area contributed by atoms with Crippen molar-refractivity contribution in [3.05, 3.63) is 35.9 Å². The van der Waals surface area contributed by atoms with Crippen LogP contribution in [0.1, 0.15) is 45.6 Å². The highest BCUT2D eigenvalue weighted by molar-refractivity contribution is 5.17. The van der Waals surface area contributed by atoms with E-state index < -0.39 is 0 Å². The van der Waals surface area contributed by atoms with Gasteiger partial charge in [0.1, 0.15) is 0 Å². The fourth-order valence-corrected chi connectivity index (χ4v) is 1.92. The van der Waals surface area contributed by atoms with Crippen LogP contribution in [-0.4, -0.2) is 13.2 Å². The van der Waals surface area contributed by atoms with E-state index >= 15 is 0 Å². The molecular weight excluding hydrogens is 208 g/mol. The molecule has 0 spiro atoms. The van der Waals surface area contributed by atoms with Gasteiger partial charge in [-0.3, -0.25) is 0 Å². The fourth-order valence-electron chi connectivity index (χ4n) is 1.92. The SMILES string of the molecule is CC(C)[C@@H]1CCOC1.CC(C)c1ccccc1. The summed E-state index contributed by atoms with van der Waals surface area (Å²) in [4.78, 5) is 0. The first-order valence-corrected chi connectivity index (χ1v) is 6.74. The van der Waals surface area contributed by atoms with Gasteiger partial charge < -0.3 is 4.74 Å². The molecule has 1 aromatic carbocycles. The summed E-state index contributed by atoms with van der Waals surface area (Å²) < 4.78 is 5.22. The highest BCUT2D eigenvalue weighted by Gasteiger charge is 2.18. The Morgan fingerprint density at radius 2 is 1.71 bits per heavy atom. The number of benzene rings is 1. The number of hydrogen-bond acceptors (Lipinski definition) is 1. The second kappa shape index (κ2) is 7.50. The van der Waals surface area contributed by atoms with Crippen LogP contribution in [0.15, 0.2) is 30.3 Å². The third-order valence-corrected chi connectivity index (χ3v) is 3.37. The lowest BCUT2D eigenvalue weighted by Crippen LogP contribution is -2.06. The topological polar surface area (TPSA) is 9.23 Å². The average Bonchev–Trinajstić information content (AvgIpc) is 2.84. The van der Waals surface area contributed by atoms with Crippen molar-refractivity contribution in [3.8, 4) is 0 Å². The Balaban J connectivity index is 0.000000171. The number of rotatable bonds is 2. The maximum Gasteiger partial charge on any atom is 0.0497 e. The summed E-state index contributed by atoms with van der Waals surface area (Å²) >= 11 is 0. The van der Waals surface area contributed by atoms with Gasteiger partial charge in [-0.2, -0.15) is 0 Å². The molecule has 0 unspecified atom stereocenters. The maximum atomic E-state index is 5.22. The zero-order chi connectivity index (χ0) is 12.7. The Morgan fingerprint density at radius 3 is 2.00 bits per heavy atom. The second-order valence-corrected chi connectivity index (χ2v) is 5.43. The predicted octanol–water partition coefficient (Wildman–Crippen LogP) is 4.49. The molecule has 0 saturated carbocycles. The number of hydrogen-bond donors (Lipinski definition) is 0. The molecule has 1 fully saturated rings. The first kappa shape index (κ1) is 14.2. The van der Waals surface area contributed by atoms with E-state index in [1.807, 2.05) is 6.07 Å². The van der Waals surface area contributed by atoms with E-state index in [0.29, 0.717) is 5.92 Å². The molecule has 1 nitrogen and oxygen atoms in total. The van der Waals surface area contributed by atoms with Crippen molar-refractivity contribution >= 4 is 0 Å². The first-order valence-electron chi connectivity index (χ1n) is 6.74. The van der Waals surface area contributed by atoms with Crippen LogP contribution < -0.4 is 0 Å².